The summed E-state index contributed by atoms with van der Waals surface area (Å²) >= 11 is 3.56. The fourth-order valence-corrected chi connectivity index (χ4v) is 3.23. The Morgan fingerprint density at radius 2 is 1.68 bits per heavy atom. The zero-order chi connectivity index (χ0) is 15.9. The molecule has 0 aliphatic carbocycles. The maximum atomic E-state index is 12.0. The molecule has 3 aromatic rings. The van der Waals surface area contributed by atoms with Crippen molar-refractivity contribution < 1.29 is 9.59 Å². The summed E-state index contributed by atoms with van der Waals surface area (Å²) < 4.78 is 2.80. The standard InChI is InChI=1S/C18H14BrNO2/c1-11(21)13-7-8-15(12(2)22)17(9-13)20-16-6-4-3-5-14(16)10-18(20)19/h3-10H,1-2H3. The van der Waals surface area contributed by atoms with E-state index < -0.39 is 0 Å². The van der Waals surface area contributed by atoms with Gasteiger partial charge in [0, 0.05) is 16.5 Å². The Labute approximate surface area is 136 Å². The van der Waals surface area contributed by atoms with Crippen molar-refractivity contribution in [2.75, 3.05) is 0 Å². The number of hydrogen-bond acceptors (Lipinski definition) is 2. The summed E-state index contributed by atoms with van der Waals surface area (Å²) in [7, 11) is 0. The van der Waals surface area contributed by atoms with Crippen molar-refractivity contribution in [3.63, 3.8) is 0 Å². The first kappa shape index (κ1) is 14.7. The third-order valence-corrected chi connectivity index (χ3v) is 4.27. The number of benzene rings is 2. The Balaban J connectivity index is 2.38. The third kappa shape index (κ3) is 2.40. The number of aromatic nitrogens is 1. The van der Waals surface area contributed by atoms with Gasteiger partial charge in [0.1, 0.15) is 0 Å². The van der Waals surface area contributed by atoms with Crippen LogP contribution in [0.4, 0.5) is 0 Å². The number of rotatable bonds is 3. The lowest BCUT2D eigenvalue weighted by atomic mass is 10.0. The Morgan fingerprint density at radius 3 is 2.36 bits per heavy atom. The van der Waals surface area contributed by atoms with E-state index in [1.54, 1.807) is 18.2 Å². The van der Waals surface area contributed by atoms with Gasteiger partial charge in [-0.15, -0.1) is 0 Å². The van der Waals surface area contributed by atoms with Gasteiger partial charge in [0.25, 0.3) is 0 Å². The zero-order valence-corrected chi connectivity index (χ0v) is 13.8. The summed E-state index contributed by atoms with van der Waals surface area (Å²) in [5, 5.41) is 1.07. The van der Waals surface area contributed by atoms with Gasteiger partial charge in [-0.05, 0) is 54.0 Å². The molecule has 22 heavy (non-hydrogen) atoms. The molecule has 0 saturated carbocycles. The molecule has 2 aromatic carbocycles. The number of carbonyl (C=O) groups excluding carboxylic acids is 2. The van der Waals surface area contributed by atoms with E-state index in [9.17, 15) is 9.59 Å². The van der Waals surface area contributed by atoms with E-state index in [4.69, 9.17) is 0 Å². The first-order valence-electron chi connectivity index (χ1n) is 6.91. The summed E-state index contributed by atoms with van der Waals surface area (Å²) in [4.78, 5) is 23.7. The van der Waals surface area contributed by atoms with Gasteiger partial charge < -0.3 is 4.57 Å². The van der Waals surface area contributed by atoms with Crippen molar-refractivity contribution in [3.8, 4) is 5.69 Å². The van der Waals surface area contributed by atoms with Crippen LogP contribution in [0.25, 0.3) is 16.6 Å². The summed E-state index contributed by atoms with van der Waals surface area (Å²) in [5.41, 5.74) is 2.88. The van der Waals surface area contributed by atoms with Crippen LogP contribution in [-0.2, 0) is 0 Å². The highest BCUT2D eigenvalue weighted by Gasteiger charge is 2.16. The lowest BCUT2D eigenvalue weighted by Gasteiger charge is -2.13. The highest BCUT2D eigenvalue weighted by Crippen LogP contribution is 2.30. The molecule has 0 amide bonds. The van der Waals surface area contributed by atoms with Gasteiger partial charge in [0.15, 0.2) is 11.6 Å². The fraction of sp³-hybridized carbons (Fsp3) is 0.111. The first-order valence-corrected chi connectivity index (χ1v) is 7.70. The topological polar surface area (TPSA) is 39.1 Å². The molecular formula is C18H14BrNO2. The number of para-hydroxylation sites is 1. The molecule has 0 bridgehead atoms. The highest BCUT2D eigenvalue weighted by molar-refractivity contribution is 9.10. The second-order valence-electron chi connectivity index (χ2n) is 5.21. The molecule has 3 rings (SSSR count). The number of carbonyl (C=O) groups is 2. The summed E-state index contributed by atoms with van der Waals surface area (Å²) in [6, 6.07) is 15.1. The van der Waals surface area contributed by atoms with Gasteiger partial charge in [-0.1, -0.05) is 24.3 Å². The molecule has 0 aliphatic heterocycles. The van der Waals surface area contributed by atoms with Gasteiger partial charge >= 0.3 is 0 Å². The minimum absolute atomic E-state index is 0.0241. The lowest BCUT2D eigenvalue weighted by Crippen LogP contribution is -2.06. The molecule has 0 fully saturated rings. The third-order valence-electron chi connectivity index (χ3n) is 3.69. The van der Waals surface area contributed by atoms with E-state index in [0.29, 0.717) is 16.8 Å². The fourth-order valence-electron chi connectivity index (χ4n) is 2.60. The van der Waals surface area contributed by atoms with E-state index in [0.717, 1.165) is 15.5 Å². The van der Waals surface area contributed by atoms with Crippen LogP contribution in [-0.4, -0.2) is 16.1 Å². The Kier molecular flexibility index (Phi) is 3.71. The molecule has 0 spiro atoms. The molecule has 3 nitrogen and oxygen atoms in total. The van der Waals surface area contributed by atoms with Crippen LogP contribution in [0.2, 0.25) is 0 Å². The summed E-state index contributed by atoms with van der Waals surface area (Å²) in [6.07, 6.45) is 0. The lowest BCUT2D eigenvalue weighted by molar-refractivity contribution is 0.100. The highest BCUT2D eigenvalue weighted by atomic mass is 79.9. The molecule has 0 N–H and O–H groups in total. The molecule has 0 unspecified atom stereocenters. The van der Waals surface area contributed by atoms with Crippen molar-refractivity contribution in [2.45, 2.75) is 13.8 Å². The number of fused-ring (bicyclic) bond motifs is 1. The second kappa shape index (κ2) is 5.54. The first-order chi connectivity index (χ1) is 10.5. The van der Waals surface area contributed by atoms with Crippen LogP contribution in [0.1, 0.15) is 34.6 Å². The van der Waals surface area contributed by atoms with Crippen molar-refractivity contribution in [3.05, 3.63) is 64.3 Å². The SMILES string of the molecule is CC(=O)c1ccc(C(C)=O)c(-n2c(Br)cc3ccccc32)c1. The van der Waals surface area contributed by atoms with Crippen LogP contribution in [0, 0.1) is 0 Å². The van der Waals surface area contributed by atoms with Gasteiger partial charge in [-0.25, -0.2) is 0 Å². The maximum Gasteiger partial charge on any atom is 0.161 e. The number of Topliss-reactive ketones (excluding diaryl/α,β-unsaturated/α-hetero) is 2. The van der Waals surface area contributed by atoms with Crippen LogP contribution in [0.15, 0.2) is 53.1 Å². The van der Waals surface area contributed by atoms with Gasteiger partial charge in [0.2, 0.25) is 0 Å². The van der Waals surface area contributed by atoms with Crippen molar-refractivity contribution in [2.24, 2.45) is 0 Å². The largest absolute Gasteiger partial charge is 0.303 e. The van der Waals surface area contributed by atoms with E-state index >= 15 is 0 Å². The summed E-state index contributed by atoms with van der Waals surface area (Å²) in [5.74, 6) is -0.0567. The molecular weight excluding hydrogens is 342 g/mol. The Morgan fingerprint density at radius 1 is 0.955 bits per heavy atom. The van der Waals surface area contributed by atoms with E-state index in [1.807, 2.05) is 34.9 Å². The van der Waals surface area contributed by atoms with E-state index in [1.165, 1.54) is 13.8 Å². The zero-order valence-electron chi connectivity index (χ0n) is 12.3. The number of ketones is 2. The van der Waals surface area contributed by atoms with E-state index in [-0.39, 0.29) is 11.6 Å². The van der Waals surface area contributed by atoms with Crippen LogP contribution in [0.5, 0.6) is 0 Å². The molecule has 0 saturated heterocycles. The van der Waals surface area contributed by atoms with Crippen LogP contribution >= 0.6 is 15.9 Å². The number of nitrogens with zero attached hydrogens (tertiary/aromatic N) is 1. The van der Waals surface area contributed by atoms with Gasteiger partial charge in [0.05, 0.1) is 15.8 Å². The normalized spacial score (nSPS) is 10.9. The number of hydrogen-bond donors (Lipinski definition) is 0. The molecule has 0 aliphatic rings. The number of halogens is 1. The minimum atomic E-state index is -0.0326. The van der Waals surface area contributed by atoms with Crippen LogP contribution < -0.4 is 0 Å². The molecule has 1 aromatic heterocycles. The van der Waals surface area contributed by atoms with E-state index in [2.05, 4.69) is 15.9 Å². The maximum absolute atomic E-state index is 12.0. The quantitative estimate of drug-likeness (QED) is 0.633. The van der Waals surface area contributed by atoms with Crippen molar-refractivity contribution in [1.29, 1.82) is 0 Å². The Hall–Kier alpha value is -2.20. The average molecular weight is 356 g/mol. The molecule has 0 atom stereocenters. The van der Waals surface area contributed by atoms with Gasteiger partial charge in [-0.2, -0.15) is 0 Å². The van der Waals surface area contributed by atoms with Crippen molar-refractivity contribution >= 4 is 38.4 Å². The monoisotopic (exact) mass is 355 g/mol. The molecule has 4 heteroatoms. The molecule has 1 heterocycles. The molecule has 0 radical (unpaired) electrons. The second-order valence-corrected chi connectivity index (χ2v) is 6.02. The summed E-state index contributed by atoms with van der Waals surface area (Å²) in [6.45, 7) is 3.06. The van der Waals surface area contributed by atoms with Crippen LogP contribution in [0.3, 0.4) is 0 Å². The molecule has 110 valence electrons. The smallest absolute Gasteiger partial charge is 0.161 e. The predicted molar refractivity (Wildman–Crippen MR) is 91.0 cm³/mol. The minimum Gasteiger partial charge on any atom is -0.303 e. The van der Waals surface area contributed by atoms with Gasteiger partial charge in [-0.3, -0.25) is 9.59 Å². The van der Waals surface area contributed by atoms with Crippen molar-refractivity contribution in [1.82, 2.24) is 4.57 Å². The predicted octanol–water partition coefficient (Wildman–Crippen LogP) is 4.80. The Bertz CT molecular complexity index is 909. The average Bonchev–Trinajstić information content (AvgIpc) is 2.82.